The summed E-state index contributed by atoms with van der Waals surface area (Å²) in [6.45, 7) is 4.75. The van der Waals surface area contributed by atoms with E-state index in [0.29, 0.717) is 12.7 Å². The molecule has 1 aromatic carbocycles. The standard InChI is InChI=1S/C23H28O6/c1-21(2)9-8-16(10-21)22-11-19(23(22,26)18(12-24)20(25)29-14-22)28-13-15-4-6-17(27-3)7-5-15/h4-8,12,19,24,26H,9-11,13-14H2,1-3H3/b18-12+/t19-,22+,23-/m1/s1. The van der Waals surface area contributed by atoms with Crippen molar-refractivity contribution in [1.82, 2.24) is 0 Å². The average Bonchev–Trinajstić information content (AvgIpc) is 3.06. The van der Waals surface area contributed by atoms with E-state index in [0.717, 1.165) is 29.7 Å². The van der Waals surface area contributed by atoms with E-state index in [1.54, 1.807) is 7.11 Å². The maximum absolute atomic E-state index is 12.3. The Morgan fingerprint density at radius 2 is 2.00 bits per heavy atom. The second-order valence-electron chi connectivity index (χ2n) is 9.09. The molecule has 6 heteroatoms. The van der Waals surface area contributed by atoms with Crippen molar-refractivity contribution in [3.05, 3.63) is 53.3 Å². The van der Waals surface area contributed by atoms with Crippen LogP contribution in [0, 0.1) is 10.8 Å². The summed E-state index contributed by atoms with van der Waals surface area (Å²) in [5.74, 6) is 0.0626. The van der Waals surface area contributed by atoms with E-state index in [9.17, 15) is 15.0 Å². The number of aliphatic hydroxyl groups excluding tert-OH is 1. The number of cyclic esters (lactones) is 1. The molecular formula is C23H28O6. The minimum atomic E-state index is -1.60. The van der Waals surface area contributed by atoms with E-state index in [2.05, 4.69) is 19.9 Å². The Balaban J connectivity index is 1.59. The van der Waals surface area contributed by atoms with Crippen molar-refractivity contribution in [2.24, 2.45) is 10.8 Å². The summed E-state index contributed by atoms with van der Waals surface area (Å²) >= 11 is 0. The quantitative estimate of drug-likeness (QED) is 0.341. The van der Waals surface area contributed by atoms with Gasteiger partial charge >= 0.3 is 5.97 Å². The fourth-order valence-corrected chi connectivity index (χ4v) is 4.96. The molecule has 1 aromatic rings. The van der Waals surface area contributed by atoms with Gasteiger partial charge in [-0.1, -0.05) is 37.6 Å². The molecule has 1 saturated heterocycles. The maximum Gasteiger partial charge on any atom is 0.340 e. The van der Waals surface area contributed by atoms with Gasteiger partial charge in [-0.15, -0.1) is 0 Å². The second kappa shape index (κ2) is 6.89. The molecule has 0 radical (unpaired) electrons. The van der Waals surface area contributed by atoms with Crippen LogP contribution in [0.2, 0.25) is 0 Å². The molecule has 0 bridgehead atoms. The molecule has 1 saturated carbocycles. The number of aliphatic hydroxyl groups is 2. The van der Waals surface area contributed by atoms with Crippen molar-refractivity contribution in [3.8, 4) is 5.75 Å². The molecule has 0 unspecified atom stereocenters. The van der Waals surface area contributed by atoms with Crippen molar-refractivity contribution < 1.29 is 29.2 Å². The van der Waals surface area contributed by atoms with Crippen molar-refractivity contribution in [2.45, 2.75) is 51.4 Å². The molecule has 0 spiro atoms. The van der Waals surface area contributed by atoms with Crippen LogP contribution in [-0.2, 0) is 20.9 Å². The van der Waals surface area contributed by atoms with Gasteiger partial charge < -0.3 is 24.4 Å². The average molecular weight is 400 g/mol. The lowest BCUT2D eigenvalue weighted by molar-refractivity contribution is -0.261. The largest absolute Gasteiger partial charge is 0.515 e. The fraction of sp³-hybridized carbons (Fsp3) is 0.522. The Morgan fingerprint density at radius 1 is 1.28 bits per heavy atom. The highest BCUT2D eigenvalue weighted by Crippen LogP contribution is 2.64. The predicted molar refractivity (Wildman–Crippen MR) is 106 cm³/mol. The Bertz CT molecular complexity index is 868. The Labute approximate surface area is 170 Å². The van der Waals surface area contributed by atoms with Gasteiger partial charge in [-0.25, -0.2) is 4.79 Å². The number of benzene rings is 1. The molecule has 0 amide bonds. The topological polar surface area (TPSA) is 85.2 Å². The Hall–Kier alpha value is -2.31. The van der Waals surface area contributed by atoms with E-state index in [4.69, 9.17) is 14.2 Å². The smallest absolute Gasteiger partial charge is 0.340 e. The van der Waals surface area contributed by atoms with Crippen LogP contribution in [0.3, 0.4) is 0 Å². The van der Waals surface area contributed by atoms with Crippen molar-refractivity contribution in [2.75, 3.05) is 13.7 Å². The highest BCUT2D eigenvalue weighted by Gasteiger charge is 2.73. The number of rotatable bonds is 5. The van der Waals surface area contributed by atoms with Crippen LogP contribution in [0.4, 0.5) is 0 Å². The van der Waals surface area contributed by atoms with Crippen LogP contribution >= 0.6 is 0 Å². The van der Waals surface area contributed by atoms with Gasteiger partial charge in [0, 0.05) is 0 Å². The lowest BCUT2D eigenvalue weighted by Gasteiger charge is -2.63. The molecule has 3 atom stereocenters. The summed E-state index contributed by atoms with van der Waals surface area (Å²) in [5.41, 5.74) is -0.351. The summed E-state index contributed by atoms with van der Waals surface area (Å²) in [4.78, 5) is 12.3. The van der Waals surface area contributed by atoms with Crippen LogP contribution in [0.5, 0.6) is 5.75 Å². The zero-order valence-electron chi connectivity index (χ0n) is 17.1. The molecule has 2 aliphatic carbocycles. The van der Waals surface area contributed by atoms with Crippen LogP contribution in [-0.4, -0.2) is 41.6 Å². The lowest BCUT2D eigenvalue weighted by Crippen LogP contribution is -2.74. The first-order valence-corrected chi connectivity index (χ1v) is 9.94. The summed E-state index contributed by atoms with van der Waals surface area (Å²) in [6, 6.07) is 7.49. The summed E-state index contributed by atoms with van der Waals surface area (Å²) in [6.07, 6.45) is 4.48. The Morgan fingerprint density at radius 3 is 2.59 bits per heavy atom. The van der Waals surface area contributed by atoms with Gasteiger partial charge in [0.2, 0.25) is 0 Å². The fourth-order valence-electron chi connectivity index (χ4n) is 4.96. The van der Waals surface area contributed by atoms with Gasteiger partial charge in [0.1, 0.15) is 23.5 Å². The molecule has 2 N–H and O–H groups in total. The second-order valence-corrected chi connectivity index (χ2v) is 9.09. The van der Waals surface area contributed by atoms with E-state index in [1.807, 2.05) is 24.3 Å². The van der Waals surface area contributed by atoms with E-state index in [1.165, 1.54) is 0 Å². The number of allylic oxidation sites excluding steroid dienone is 1. The van der Waals surface area contributed by atoms with Gasteiger partial charge in [0.15, 0.2) is 0 Å². The zero-order valence-corrected chi connectivity index (χ0v) is 17.1. The third-order valence-corrected chi connectivity index (χ3v) is 6.73. The first-order chi connectivity index (χ1) is 13.8. The lowest BCUT2D eigenvalue weighted by atomic mass is 9.48. The number of hydrogen-bond donors (Lipinski definition) is 2. The monoisotopic (exact) mass is 400 g/mol. The number of carbonyl (C=O) groups is 1. The molecule has 0 aromatic heterocycles. The molecule has 156 valence electrons. The SMILES string of the molecule is COc1ccc(CO[C@@H]2C[C@@]3(C4=CCC(C)(C)C4)COC(=O)/C(=C\O)[C@@]23O)cc1. The number of hydrogen-bond acceptors (Lipinski definition) is 6. The van der Waals surface area contributed by atoms with E-state index >= 15 is 0 Å². The van der Waals surface area contributed by atoms with Crippen molar-refractivity contribution >= 4 is 5.97 Å². The number of methoxy groups -OCH3 is 1. The van der Waals surface area contributed by atoms with Gasteiger partial charge in [0.05, 0.1) is 31.5 Å². The Kier molecular flexibility index (Phi) is 4.74. The zero-order chi connectivity index (χ0) is 20.9. The van der Waals surface area contributed by atoms with Gasteiger partial charge in [-0.2, -0.15) is 0 Å². The molecule has 29 heavy (non-hydrogen) atoms. The molecule has 2 fully saturated rings. The van der Waals surface area contributed by atoms with Gasteiger partial charge in [-0.3, -0.25) is 0 Å². The molecule has 6 nitrogen and oxygen atoms in total. The van der Waals surface area contributed by atoms with E-state index in [-0.39, 0.29) is 24.2 Å². The van der Waals surface area contributed by atoms with Gasteiger partial charge in [-0.05, 0) is 42.4 Å². The molecule has 3 aliphatic rings. The predicted octanol–water partition coefficient (Wildman–Crippen LogP) is 3.45. The number of fused-ring (bicyclic) bond motifs is 1. The first kappa shape index (κ1) is 20.0. The first-order valence-electron chi connectivity index (χ1n) is 9.94. The number of esters is 1. The summed E-state index contributed by atoms with van der Waals surface area (Å²) < 4.78 is 16.6. The summed E-state index contributed by atoms with van der Waals surface area (Å²) in [7, 11) is 1.61. The van der Waals surface area contributed by atoms with Crippen molar-refractivity contribution in [1.29, 1.82) is 0 Å². The molecule has 1 heterocycles. The molecule has 1 aliphatic heterocycles. The van der Waals surface area contributed by atoms with Crippen LogP contribution < -0.4 is 4.74 Å². The highest BCUT2D eigenvalue weighted by atomic mass is 16.5. The number of carbonyl (C=O) groups excluding carboxylic acids is 1. The number of ether oxygens (including phenoxy) is 3. The van der Waals surface area contributed by atoms with Crippen LogP contribution in [0.15, 0.2) is 47.7 Å². The normalized spacial score (nSPS) is 34.2. The van der Waals surface area contributed by atoms with Crippen molar-refractivity contribution in [3.63, 3.8) is 0 Å². The van der Waals surface area contributed by atoms with E-state index < -0.39 is 23.1 Å². The minimum Gasteiger partial charge on any atom is -0.515 e. The third kappa shape index (κ3) is 2.97. The molecule has 4 rings (SSSR count). The minimum absolute atomic E-state index is 0.101. The van der Waals surface area contributed by atoms with Crippen LogP contribution in [0.1, 0.15) is 38.7 Å². The highest BCUT2D eigenvalue weighted by molar-refractivity contribution is 5.93. The maximum atomic E-state index is 12.3. The van der Waals surface area contributed by atoms with Gasteiger partial charge in [0.25, 0.3) is 0 Å². The third-order valence-electron chi connectivity index (χ3n) is 6.73. The summed E-state index contributed by atoms with van der Waals surface area (Å²) in [5, 5.41) is 21.5. The van der Waals surface area contributed by atoms with Crippen LogP contribution in [0.25, 0.3) is 0 Å². The molecular weight excluding hydrogens is 372 g/mol.